The molecule has 6 heteroatoms. The monoisotopic (exact) mass is 355 g/mol. The second-order valence-electron chi connectivity index (χ2n) is 4.26. The Morgan fingerprint density at radius 3 is 2.57 bits per heavy atom. The van der Waals surface area contributed by atoms with E-state index in [4.69, 9.17) is 10.5 Å². The van der Waals surface area contributed by atoms with Crippen molar-refractivity contribution >= 4 is 27.4 Å². The summed E-state index contributed by atoms with van der Waals surface area (Å²) in [5.41, 5.74) is 5.07. The maximum atomic E-state index is 13.7. The van der Waals surface area contributed by atoms with Gasteiger partial charge in [0.05, 0.1) is 22.3 Å². The molecule has 0 aromatic heterocycles. The summed E-state index contributed by atoms with van der Waals surface area (Å²) in [6.07, 6.45) is 0. The number of hydrogen-bond acceptors (Lipinski definition) is 3. The molecule has 0 spiro atoms. The molecular formula is C15H12BrF2NO2. The zero-order valence-electron chi connectivity index (χ0n) is 11.1. The quantitative estimate of drug-likeness (QED) is 0.667. The Bertz CT molecular complexity index is 704. The van der Waals surface area contributed by atoms with Crippen LogP contribution in [0.1, 0.15) is 22.8 Å². The molecular weight excluding hydrogens is 344 g/mol. The molecule has 0 radical (unpaired) electrons. The van der Waals surface area contributed by atoms with Gasteiger partial charge in [0, 0.05) is 11.6 Å². The topological polar surface area (TPSA) is 52.3 Å². The molecule has 2 aromatic rings. The van der Waals surface area contributed by atoms with E-state index in [9.17, 15) is 13.6 Å². The van der Waals surface area contributed by atoms with Crippen LogP contribution in [0.2, 0.25) is 0 Å². The molecule has 0 fully saturated rings. The van der Waals surface area contributed by atoms with E-state index >= 15 is 0 Å². The van der Waals surface area contributed by atoms with Gasteiger partial charge in [0.15, 0.2) is 5.78 Å². The lowest BCUT2D eigenvalue weighted by atomic mass is 10.0. The molecule has 0 aliphatic rings. The Morgan fingerprint density at radius 2 is 1.95 bits per heavy atom. The first-order chi connectivity index (χ1) is 9.93. The molecule has 21 heavy (non-hydrogen) atoms. The number of carbonyl (C=O) groups is 1. The number of nitrogen functional groups attached to an aromatic ring is 1. The predicted octanol–water partition coefficient (Wildman–Crippen LogP) is 3.94. The Balaban J connectivity index is 2.41. The second-order valence-corrected chi connectivity index (χ2v) is 5.12. The zero-order valence-corrected chi connectivity index (χ0v) is 12.7. The van der Waals surface area contributed by atoms with Crippen molar-refractivity contribution in [3.05, 3.63) is 57.6 Å². The lowest BCUT2D eigenvalue weighted by Gasteiger charge is -2.09. The minimum absolute atomic E-state index is 0.246. The van der Waals surface area contributed by atoms with Crippen molar-refractivity contribution in [1.29, 1.82) is 0 Å². The molecule has 2 rings (SSSR count). The summed E-state index contributed by atoms with van der Waals surface area (Å²) >= 11 is 3.28. The van der Waals surface area contributed by atoms with Gasteiger partial charge in [-0.3, -0.25) is 4.79 Å². The lowest BCUT2D eigenvalue weighted by molar-refractivity contribution is 0.103. The molecule has 0 aliphatic heterocycles. The first-order valence-electron chi connectivity index (χ1n) is 6.15. The van der Waals surface area contributed by atoms with E-state index in [0.717, 1.165) is 6.07 Å². The summed E-state index contributed by atoms with van der Waals surface area (Å²) in [5.74, 6) is -1.84. The molecule has 3 nitrogen and oxygen atoms in total. The summed E-state index contributed by atoms with van der Waals surface area (Å²) in [4.78, 5) is 12.3. The molecule has 0 atom stereocenters. The van der Waals surface area contributed by atoms with E-state index in [0.29, 0.717) is 22.9 Å². The van der Waals surface area contributed by atoms with Crippen LogP contribution in [-0.2, 0) is 0 Å². The highest BCUT2D eigenvalue weighted by Gasteiger charge is 2.17. The van der Waals surface area contributed by atoms with Gasteiger partial charge in [-0.15, -0.1) is 0 Å². The van der Waals surface area contributed by atoms with Crippen molar-refractivity contribution in [2.75, 3.05) is 12.3 Å². The Labute approximate surface area is 128 Å². The predicted molar refractivity (Wildman–Crippen MR) is 79.5 cm³/mol. The van der Waals surface area contributed by atoms with Crippen molar-refractivity contribution in [2.45, 2.75) is 6.92 Å². The van der Waals surface area contributed by atoms with Gasteiger partial charge in [-0.2, -0.15) is 0 Å². The van der Waals surface area contributed by atoms with Gasteiger partial charge in [0.2, 0.25) is 0 Å². The molecule has 0 unspecified atom stereocenters. The minimum Gasteiger partial charge on any atom is -0.493 e. The van der Waals surface area contributed by atoms with Crippen molar-refractivity contribution < 1.29 is 18.3 Å². The molecule has 0 saturated carbocycles. The fourth-order valence-corrected chi connectivity index (χ4v) is 2.30. The molecule has 110 valence electrons. The Morgan fingerprint density at radius 1 is 1.24 bits per heavy atom. The molecule has 0 heterocycles. The number of benzene rings is 2. The van der Waals surface area contributed by atoms with Gasteiger partial charge in [-0.25, -0.2) is 8.78 Å². The van der Waals surface area contributed by atoms with Gasteiger partial charge in [0.25, 0.3) is 0 Å². The number of anilines is 1. The van der Waals surface area contributed by atoms with Crippen LogP contribution in [0.5, 0.6) is 5.75 Å². The van der Waals surface area contributed by atoms with Crippen LogP contribution >= 0.6 is 15.9 Å². The van der Waals surface area contributed by atoms with Gasteiger partial charge < -0.3 is 10.5 Å². The van der Waals surface area contributed by atoms with Crippen LogP contribution in [0.25, 0.3) is 0 Å². The molecule has 0 amide bonds. The van der Waals surface area contributed by atoms with Crippen LogP contribution in [0.4, 0.5) is 14.5 Å². The van der Waals surface area contributed by atoms with Gasteiger partial charge in [-0.1, -0.05) is 0 Å². The molecule has 2 N–H and O–H groups in total. The van der Waals surface area contributed by atoms with E-state index in [2.05, 4.69) is 15.9 Å². The van der Waals surface area contributed by atoms with E-state index < -0.39 is 17.4 Å². The first-order valence-corrected chi connectivity index (χ1v) is 6.95. The van der Waals surface area contributed by atoms with Crippen molar-refractivity contribution in [3.8, 4) is 5.75 Å². The standard InChI is InChI=1S/C15H12BrF2NO2/c1-2-21-14-4-3-8(5-10(14)16)15(20)9-6-13(19)12(18)7-11(9)17/h3-7H,2,19H2,1H3. The van der Waals surface area contributed by atoms with E-state index in [-0.39, 0.29) is 16.8 Å². The van der Waals surface area contributed by atoms with E-state index in [1.54, 1.807) is 6.07 Å². The van der Waals surface area contributed by atoms with Crippen molar-refractivity contribution in [3.63, 3.8) is 0 Å². The number of nitrogens with two attached hydrogens (primary N) is 1. The Kier molecular flexibility index (Phi) is 4.57. The highest BCUT2D eigenvalue weighted by molar-refractivity contribution is 9.10. The minimum atomic E-state index is -0.947. The number of ketones is 1. The van der Waals surface area contributed by atoms with Crippen LogP contribution in [0, 0.1) is 11.6 Å². The third-order valence-corrected chi connectivity index (χ3v) is 3.44. The fraction of sp³-hybridized carbons (Fsp3) is 0.133. The highest BCUT2D eigenvalue weighted by atomic mass is 79.9. The first kappa shape index (κ1) is 15.4. The zero-order chi connectivity index (χ0) is 15.6. The number of rotatable bonds is 4. The maximum Gasteiger partial charge on any atom is 0.196 e. The second kappa shape index (κ2) is 6.22. The molecule has 2 aromatic carbocycles. The lowest BCUT2D eigenvalue weighted by Crippen LogP contribution is -2.07. The maximum absolute atomic E-state index is 13.7. The highest BCUT2D eigenvalue weighted by Crippen LogP contribution is 2.28. The number of ether oxygens (including phenoxy) is 1. The summed E-state index contributed by atoms with van der Waals surface area (Å²) in [6.45, 7) is 2.32. The largest absolute Gasteiger partial charge is 0.493 e. The van der Waals surface area contributed by atoms with Crippen molar-refractivity contribution in [1.82, 2.24) is 0 Å². The summed E-state index contributed by atoms with van der Waals surface area (Å²) in [5, 5.41) is 0. The summed E-state index contributed by atoms with van der Waals surface area (Å²) in [6, 6.07) is 6.23. The number of halogens is 3. The van der Waals surface area contributed by atoms with E-state index in [1.807, 2.05) is 6.92 Å². The van der Waals surface area contributed by atoms with Gasteiger partial charge in [0.1, 0.15) is 17.4 Å². The van der Waals surface area contributed by atoms with Crippen LogP contribution in [0.15, 0.2) is 34.8 Å². The van der Waals surface area contributed by atoms with Gasteiger partial charge >= 0.3 is 0 Å². The SMILES string of the molecule is CCOc1ccc(C(=O)c2cc(N)c(F)cc2F)cc1Br. The third kappa shape index (κ3) is 3.21. The van der Waals surface area contributed by atoms with Crippen LogP contribution in [0.3, 0.4) is 0 Å². The van der Waals surface area contributed by atoms with Crippen LogP contribution in [-0.4, -0.2) is 12.4 Å². The molecule has 0 aliphatic carbocycles. The summed E-state index contributed by atoms with van der Waals surface area (Å²) < 4.78 is 32.7. The third-order valence-electron chi connectivity index (χ3n) is 2.82. The van der Waals surface area contributed by atoms with E-state index in [1.165, 1.54) is 12.1 Å². The van der Waals surface area contributed by atoms with Crippen LogP contribution < -0.4 is 10.5 Å². The summed E-state index contributed by atoms with van der Waals surface area (Å²) in [7, 11) is 0. The number of carbonyl (C=O) groups excluding carboxylic acids is 1. The fourth-order valence-electron chi connectivity index (χ4n) is 1.81. The van der Waals surface area contributed by atoms with Crippen molar-refractivity contribution in [2.24, 2.45) is 0 Å². The van der Waals surface area contributed by atoms with Gasteiger partial charge in [-0.05, 0) is 47.1 Å². The number of hydrogen-bond donors (Lipinski definition) is 1. The Hall–Kier alpha value is -1.95. The smallest absolute Gasteiger partial charge is 0.196 e. The average molecular weight is 356 g/mol. The normalized spacial score (nSPS) is 10.5. The molecule has 0 saturated heterocycles. The average Bonchev–Trinajstić information content (AvgIpc) is 2.44. The molecule has 0 bridgehead atoms.